The van der Waals surface area contributed by atoms with Crippen molar-refractivity contribution in [3.05, 3.63) is 23.3 Å². The van der Waals surface area contributed by atoms with E-state index >= 15 is 0 Å². The van der Waals surface area contributed by atoms with E-state index in [2.05, 4.69) is 15.4 Å². The molecule has 2 aromatic rings. The molecule has 64 valence electrons. The third-order valence-corrected chi connectivity index (χ3v) is 2.14. The summed E-state index contributed by atoms with van der Waals surface area (Å²) in [6.07, 6.45) is 0. The van der Waals surface area contributed by atoms with Crippen molar-refractivity contribution in [1.82, 2.24) is 15.4 Å². The molecule has 1 N–H and O–H groups in total. The van der Waals surface area contributed by atoms with Gasteiger partial charge in [-0.05, 0) is 6.07 Å². The van der Waals surface area contributed by atoms with E-state index in [4.69, 9.17) is 4.74 Å². The molecule has 0 spiro atoms. The van der Waals surface area contributed by atoms with E-state index in [9.17, 15) is 4.79 Å². The molecule has 0 fully saturated rings. The Kier molecular flexibility index (Phi) is 1.05. The van der Waals surface area contributed by atoms with Crippen molar-refractivity contribution in [3.63, 3.8) is 0 Å². The van der Waals surface area contributed by atoms with E-state index in [1.165, 1.54) is 0 Å². The minimum absolute atomic E-state index is 0.311. The summed E-state index contributed by atoms with van der Waals surface area (Å²) >= 11 is 0. The summed E-state index contributed by atoms with van der Waals surface area (Å²) in [5, 5.41) is 10.3. The number of benzene rings is 1. The fourth-order valence-electron chi connectivity index (χ4n) is 1.52. The van der Waals surface area contributed by atoms with Crippen LogP contribution in [0.15, 0.2) is 12.1 Å². The highest BCUT2D eigenvalue weighted by atomic mass is 16.5. The number of carbonyl (C=O) groups is 1. The summed E-state index contributed by atoms with van der Waals surface area (Å²) in [5.41, 5.74) is 2.72. The molecule has 1 aliphatic rings. The number of ether oxygens (including phenoxy) is 1. The van der Waals surface area contributed by atoms with Gasteiger partial charge in [-0.3, -0.25) is 0 Å². The molecular formula is C8H5N3O2. The molecule has 3 rings (SSSR count). The fourth-order valence-corrected chi connectivity index (χ4v) is 1.52. The zero-order chi connectivity index (χ0) is 8.84. The SMILES string of the molecule is O=C1OCc2ccc3n[nH]nc3c21. The first-order valence-corrected chi connectivity index (χ1v) is 3.86. The summed E-state index contributed by atoms with van der Waals surface area (Å²) in [5.74, 6) is -0.311. The molecule has 0 saturated carbocycles. The average Bonchev–Trinajstić information content (AvgIpc) is 2.70. The molecule has 13 heavy (non-hydrogen) atoms. The predicted octanol–water partition coefficient (Wildman–Crippen LogP) is 0.628. The van der Waals surface area contributed by atoms with Crippen molar-refractivity contribution >= 4 is 17.0 Å². The third-order valence-electron chi connectivity index (χ3n) is 2.14. The van der Waals surface area contributed by atoms with Crippen molar-refractivity contribution in [3.8, 4) is 0 Å². The second-order valence-electron chi connectivity index (χ2n) is 2.87. The molecule has 0 saturated heterocycles. The lowest BCUT2D eigenvalue weighted by Gasteiger charge is -1.91. The Morgan fingerprint density at radius 1 is 1.38 bits per heavy atom. The molecule has 5 nitrogen and oxygen atoms in total. The average molecular weight is 175 g/mol. The van der Waals surface area contributed by atoms with Gasteiger partial charge in [0.1, 0.15) is 17.6 Å². The number of H-pyrrole nitrogens is 1. The number of fused-ring (bicyclic) bond motifs is 3. The molecule has 0 unspecified atom stereocenters. The molecule has 2 heterocycles. The number of aromatic amines is 1. The van der Waals surface area contributed by atoms with Gasteiger partial charge in [-0.15, -0.1) is 0 Å². The van der Waals surface area contributed by atoms with E-state index in [0.29, 0.717) is 23.2 Å². The van der Waals surface area contributed by atoms with Crippen molar-refractivity contribution in [2.75, 3.05) is 0 Å². The highest BCUT2D eigenvalue weighted by Gasteiger charge is 2.25. The van der Waals surface area contributed by atoms with E-state index in [1.54, 1.807) is 0 Å². The molecular weight excluding hydrogens is 170 g/mol. The number of hydrogen-bond donors (Lipinski definition) is 1. The van der Waals surface area contributed by atoms with Crippen molar-refractivity contribution in [1.29, 1.82) is 0 Å². The zero-order valence-electron chi connectivity index (χ0n) is 6.57. The summed E-state index contributed by atoms with van der Waals surface area (Å²) in [6.45, 7) is 0.344. The number of nitrogens with zero attached hydrogens (tertiary/aromatic N) is 2. The normalized spacial score (nSPS) is 14.6. The monoisotopic (exact) mass is 175 g/mol. The lowest BCUT2D eigenvalue weighted by molar-refractivity contribution is 0.0536. The van der Waals surface area contributed by atoms with Gasteiger partial charge in [0.15, 0.2) is 0 Å². The lowest BCUT2D eigenvalue weighted by atomic mass is 10.1. The fraction of sp³-hybridized carbons (Fsp3) is 0.125. The number of cyclic esters (lactones) is 1. The number of rotatable bonds is 0. The lowest BCUT2D eigenvalue weighted by Crippen LogP contribution is -1.94. The minimum atomic E-state index is -0.311. The number of esters is 1. The summed E-state index contributed by atoms with van der Waals surface area (Å²) in [7, 11) is 0. The van der Waals surface area contributed by atoms with E-state index < -0.39 is 0 Å². The molecule has 5 heteroatoms. The number of nitrogens with one attached hydrogen (secondary N) is 1. The Bertz CT molecular complexity index is 503. The van der Waals surface area contributed by atoms with Gasteiger partial charge >= 0.3 is 5.97 Å². The van der Waals surface area contributed by atoms with Crippen LogP contribution in [0.3, 0.4) is 0 Å². The number of carbonyl (C=O) groups excluding carboxylic acids is 1. The predicted molar refractivity (Wildman–Crippen MR) is 43.0 cm³/mol. The standard InChI is InChI=1S/C8H5N3O2/c12-8-6-4(3-13-8)1-2-5-7(6)10-11-9-5/h1-2H,3H2,(H,9,10,11). The smallest absolute Gasteiger partial charge is 0.341 e. The van der Waals surface area contributed by atoms with Gasteiger partial charge in [-0.25, -0.2) is 4.79 Å². The van der Waals surface area contributed by atoms with Gasteiger partial charge in [0.05, 0.1) is 5.56 Å². The van der Waals surface area contributed by atoms with Crippen LogP contribution in [-0.2, 0) is 11.3 Å². The largest absolute Gasteiger partial charge is 0.457 e. The van der Waals surface area contributed by atoms with Crippen molar-refractivity contribution < 1.29 is 9.53 Å². The van der Waals surface area contributed by atoms with Gasteiger partial charge in [-0.1, -0.05) is 6.07 Å². The van der Waals surface area contributed by atoms with Gasteiger partial charge in [0.25, 0.3) is 0 Å². The van der Waals surface area contributed by atoms with Crippen molar-refractivity contribution in [2.24, 2.45) is 0 Å². The molecule has 1 aliphatic heterocycles. The van der Waals surface area contributed by atoms with Gasteiger partial charge in [0.2, 0.25) is 0 Å². The van der Waals surface area contributed by atoms with E-state index in [-0.39, 0.29) is 5.97 Å². The Morgan fingerprint density at radius 3 is 3.23 bits per heavy atom. The van der Waals surface area contributed by atoms with Crippen LogP contribution >= 0.6 is 0 Å². The van der Waals surface area contributed by atoms with Crippen LogP contribution in [0, 0.1) is 0 Å². The van der Waals surface area contributed by atoms with Gasteiger partial charge in [-0.2, -0.15) is 15.4 Å². The first kappa shape index (κ1) is 6.59. The van der Waals surface area contributed by atoms with Crippen LogP contribution in [0.2, 0.25) is 0 Å². The van der Waals surface area contributed by atoms with Crippen LogP contribution in [0.1, 0.15) is 15.9 Å². The highest BCUT2D eigenvalue weighted by molar-refractivity contribution is 6.04. The van der Waals surface area contributed by atoms with Crippen LogP contribution in [0.4, 0.5) is 0 Å². The third kappa shape index (κ3) is 0.729. The van der Waals surface area contributed by atoms with Crippen LogP contribution in [-0.4, -0.2) is 21.4 Å². The maximum Gasteiger partial charge on any atom is 0.341 e. The molecule has 1 aromatic carbocycles. The molecule has 1 aromatic heterocycles. The maximum absolute atomic E-state index is 11.3. The van der Waals surface area contributed by atoms with E-state index in [0.717, 1.165) is 5.56 Å². The zero-order valence-corrected chi connectivity index (χ0v) is 6.57. The quantitative estimate of drug-likeness (QED) is 0.596. The first-order chi connectivity index (χ1) is 6.36. The highest BCUT2D eigenvalue weighted by Crippen LogP contribution is 2.25. The Balaban J connectivity index is 2.49. The molecule has 0 atom stereocenters. The van der Waals surface area contributed by atoms with Crippen molar-refractivity contribution in [2.45, 2.75) is 6.61 Å². The molecule has 0 radical (unpaired) electrons. The van der Waals surface area contributed by atoms with Crippen LogP contribution < -0.4 is 0 Å². The Morgan fingerprint density at radius 2 is 2.31 bits per heavy atom. The van der Waals surface area contributed by atoms with E-state index in [1.807, 2.05) is 12.1 Å². The van der Waals surface area contributed by atoms with Gasteiger partial charge in [0, 0.05) is 5.56 Å². The minimum Gasteiger partial charge on any atom is -0.457 e. The second-order valence-corrected chi connectivity index (χ2v) is 2.87. The van der Waals surface area contributed by atoms with Gasteiger partial charge < -0.3 is 4.74 Å². The molecule has 0 amide bonds. The maximum atomic E-state index is 11.3. The topological polar surface area (TPSA) is 67.9 Å². The van der Waals surface area contributed by atoms with Crippen LogP contribution in [0.25, 0.3) is 11.0 Å². The number of hydrogen-bond acceptors (Lipinski definition) is 4. The summed E-state index contributed by atoms with van der Waals surface area (Å²) < 4.78 is 4.88. The number of aromatic nitrogens is 3. The summed E-state index contributed by atoms with van der Waals surface area (Å²) in [4.78, 5) is 11.3. The second kappa shape index (κ2) is 2.07. The molecule has 0 bridgehead atoms. The molecule has 0 aliphatic carbocycles. The van der Waals surface area contributed by atoms with Crippen LogP contribution in [0.5, 0.6) is 0 Å². The summed E-state index contributed by atoms with van der Waals surface area (Å²) in [6, 6.07) is 3.66. The Hall–Kier alpha value is -1.91. The first-order valence-electron chi connectivity index (χ1n) is 3.86. The Labute approximate surface area is 72.7 Å².